The van der Waals surface area contributed by atoms with Crippen LogP contribution < -0.4 is 4.74 Å². The van der Waals surface area contributed by atoms with Crippen LogP contribution in [0.5, 0.6) is 5.75 Å². The Morgan fingerprint density at radius 2 is 1.77 bits per heavy atom. The van der Waals surface area contributed by atoms with Crippen LogP contribution in [-0.4, -0.2) is 60.1 Å². The second-order valence-electron chi connectivity index (χ2n) is 6.53. The van der Waals surface area contributed by atoms with Gasteiger partial charge in [0.15, 0.2) is 0 Å². The fraction of sp³-hybridized carbons (Fsp3) is 0.529. The second kappa shape index (κ2) is 7.73. The highest BCUT2D eigenvalue weighted by Gasteiger charge is 2.29. The Labute approximate surface area is 153 Å². The minimum absolute atomic E-state index is 0.0492. The van der Waals surface area contributed by atoms with E-state index in [1.165, 1.54) is 4.31 Å². The van der Waals surface area contributed by atoms with Gasteiger partial charge in [-0.3, -0.25) is 4.90 Å². The van der Waals surface area contributed by atoms with Crippen LogP contribution in [0.4, 0.5) is 0 Å². The molecule has 0 N–H and O–H groups in total. The first kappa shape index (κ1) is 18.8. The summed E-state index contributed by atoms with van der Waals surface area (Å²) in [6.07, 6.45) is 0.0492. The molecule has 1 aromatic carbocycles. The molecule has 142 valence electrons. The molecule has 0 atom stereocenters. The Morgan fingerprint density at radius 3 is 2.31 bits per heavy atom. The van der Waals surface area contributed by atoms with Crippen molar-refractivity contribution in [3.63, 3.8) is 0 Å². The summed E-state index contributed by atoms with van der Waals surface area (Å²) < 4.78 is 38.1. The van der Waals surface area contributed by atoms with E-state index in [4.69, 9.17) is 9.15 Å². The lowest BCUT2D eigenvalue weighted by Gasteiger charge is -2.33. The summed E-state index contributed by atoms with van der Waals surface area (Å²) in [4.78, 5) is 2.40. The van der Waals surface area contributed by atoms with Crippen molar-refractivity contribution in [1.29, 1.82) is 0 Å². The lowest BCUT2D eigenvalue weighted by atomic mass is 10.3. The van der Waals surface area contributed by atoms with Gasteiger partial charge in [0.25, 0.3) is 0 Å². The predicted molar refractivity (Wildman–Crippen MR) is 95.3 cm³/mol. The molecule has 0 amide bonds. The van der Waals surface area contributed by atoms with Gasteiger partial charge in [-0.15, -0.1) is 10.2 Å². The second-order valence-corrected chi connectivity index (χ2v) is 8.47. The maximum atomic E-state index is 12.8. The number of aromatic nitrogens is 2. The fourth-order valence-electron chi connectivity index (χ4n) is 2.83. The van der Waals surface area contributed by atoms with Gasteiger partial charge in [0.2, 0.25) is 21.8 Å². The summed E-state index contributed by atoms with van der Waals surface area (Å²) in [5.41, 5.74) is 0. The SMILES string of the molecule is Cc1nnc(CN2CCN(S(=O)(=O)c3ccc(OC(C)C)cc3)CC2)o1. The highest BCUT2D eigenvalue weighted by atomic mass is 32.2. The van der Waals surface area contributed by atoms with Crippen molar-refractivity contribution in [2.24, 2.45) is 0 Å². The van der Waals surface area contributed by atoms with Gasteiger partial charge in [0.05, 0.1) is 17.5 Å². The Hall–Kier alpha value is -1.97. The number of nitrogens with zero attached hydrogens (tertiary/aromatic N) is 4. The monoisotopic (exact) mass is 380 g/mol. The van der Waals surface area contributed by atoms with Crippen molar-refractivity contribution in [3.05, 3.63) is 36.0 Å². The van der Waals surface area contributed by atoms with Crippen molar-refractivity contribution in [2.75, 3.05) is 26.2 Å². The maximum Gasteiger partial charge on any atom is 0.243 e. The van der Waals surface area contributed by atoms with Crippen molar-refractivity contribution in [1.82, 2.24) is 19.4 Å². The molecule has 3 rings (SSSR count). The largest absolute Gasteiger partial charge is 0.491 e. The lowest BCUT2D eigenvalue weighted by molar-refractivity contribution is 0.167. The summed E-state index contributed by atoms with van der Waals surface area (Å²) in [7, 11) is -3.50. The van der Waals surface area contributed by atoms with Crippen LogP contribution in [0.1, 0.15) is 25.6 Å². The molecular formula is C17H24N4O4S. The summed E-state index contributed by atoms with van der Waals surface area (Å²) in [6, 6.07) is 6.59. The average molecular weight is 380 g/mol. The van der Waals surface area contributed by atoms with Crippen LogP contribution in [0, 0.1) is 6.92 Å². The van der Waals surface area contributed by atoms with Gasteiger partial charge in [0.1, 0.15) is 5.75 Å². The summed E-state index contributed by atoms with van der Waals surface area (Å²) in [6.45, 7) is 8.25. The van der Waals surface area contributed by atoms with Crippen molar-refractivity contribution >= 4 is 10.0 Å². The third kappa shape index (κ3) is 4.40. The van der Waals surface area contributed by atoms with Gasteiger partial charge in [-0.2, -0.15) is 4.31 Å². The molecule has 8 nitrogen and oxygen atoms in total. The van der Waals surface area contributed by atoms with Gasteiger partial charge >= 0.3 is 0 Å². The van der Waals surface area contributed by atoms with Crippen LogP contribution in [-0.2, 0) is 16.6 Å². The first-order chi connectivity index (χ1) is 12.3. The van der Waals surface area contributed by atoms with E-state index in [1.807, 2.05) is 13.8 Å². The highest BCUT2D eigenvalue weighted by molar-refractivity contribution is 7.89. The van der Waals surface area contributed by atoms with E-state index < -0.39 is 10.0 Å². The molecule has 0 radical (unpaired) electrons. The van der Waals surface area contributed by atoms with E-state index >= 15 is 0 Å². The number of aryl methyl sites for hydroxylation is 1. The van der Waals surface area contributed by atoms with Gasteiger partial charge < -0.3 is 9.15 Å². The zero-order chi connectivity index (χ0) is 18.7. The highest BCUT2D eigenvalue weighted by Crippen LogP contribution is 2.21. The van der Waals surface area contributed by atoms with E-state index in [0.29, 0.717) is 50.3 Å². The van der Waals surface area contributed by atoms with E-state index in [-0.39, 0.29) is 11.0 Å². The van der Waals surface area contributed by atoms with Gasteiger partial charge in [-0.05, 0) is 38.1 Å². The molecule has 1 fully saturated rings. The van der Waals surface area contributed by atoms with E-state index in [1.54, 1.807) is 31.2 Å². The maximum absolute atomic E-state index is 12.8. The summed E-state index contributed by atoms with van der Waals surface area (Å²) in [5.74, 6) is 1.75. The Balaban J connectivity index is 1.60. The third-order valence-corrected chi connectivity index (χ3v) is 6.00. The lowest BCUT2D eigenvalue weighted by Crippen LogP contribution is -2.48. The molecule has 0 bridgehead atoms. The Bertz CT molecular complexity index is 825. The number of sulfonamides is 1. The smallest absolute Gasteiger partial charge is 0.243 e. The zero-order valence-electron chi connectivity index (χ0n) is 15.3. The number of piperazine rings is 1. The molecule has 9 heteroatoms. The standard InChI is InChI=1S/C17H24N4O4S/c1-13(2)24-15-4-6-16(7-5-15)26(22,23)21-10-8-20(9-11-21)12-17-19-18-14(3)25-17/h4-7,13H,8-12H2,1-3H3. The minimum atomic E-state index is -3.50. The normalized spacial score (nSPS) is 16.9. The molecule has 26 heavy (non-hydrogen) atoms. The fourth-order valence-corrected chi connectivity index (χ4v) is 4.25. The molecule has 1 aromatic heterocycles. The topological polar surface area (TPSA) is 88.8 Å². The molecule has 0 unspecified atom stereocenters. The molecule has 1 aliphatic rings. The van der Waals surface area contributed by atoms with Crippen molar-refractivity contribution in [2.45, 2.75) is 38.3 Å². The minimum Gasteiger partial charge on any atom is -0.491 e. The van der Waals surface area contributed by atoms with Crippen LogP contribution >= 0.6 is 0 Å². The molecule has 0 spiro atoms. The van der Waals surface area contributed by atoms with Crippen LogP contribution in [0.3, 0.4) is 0 Å². The van der Waals surface area contributed by atoms with Crippen LogP contribution in [0.15, 0.2) is 33.6 Å². The van der Waals surface area contributed by atoms with Crippen molar-refractivity contribution < 1.29 is 17.6 Å². The van der Waals surface area contributed by atoms with Gasteiger partial charge in [-0.25, -0.2) is 8.42 Å². The number of hydrogen-bond acceptors (Lipinski definition) is 7. The molecule has 1 saturated heterocycles. The molecule has 1 aliphatic heterocycles. The third-order valence-electron chi connectivity index (χ3n) is 4.09. The molecular weight excluding hydrogens is 356 g/mol. The van der Waals surface area contributed by atoms with Crippen LogP contribution in [0.25, 0.3) is 0 Å². The molecule has 2 aromatic rings. The molecule has 0 aliphatic carbocycles. The van der Waals surface area contributed by atoms with E-state index in [0.717, 1.165) is 0 Å². The Kier molecular flexibility index (Phi) is 5.59. The number of hydrogen-bond donors (Lipinski definition) is 0. The number of ether oxygens (including phenoxy) is 1. The van der Waals surface area contributed by atoms with Gasteiger partial charge in [0, 0.05) is 33.1 Å². The number of benzene rings is 1. The van der Waals surface area contributed by atoms with Gasteiger partial charge in [-0.1, -0.05) is 0 Å². The zero-order valence-corrected chi connectivity index (χ0v) is 16.1. The van der Waals surface area contributed by atoms with Crippen molar-refractivity contribution in [3.8, 4) is 5.75 Å². The quantitative estimate of drug-likeness (QED) is 0.753. The Morgan fingerprint density at radius 1 is 1.12 bits per heavy atom. The number of rotatable bonds is 6. The molecule has 0 saturated carbocycles. The summed E-state index contributed by atoms with van der Waals surface area (Å²) in [5, 5.41) is 7.79. The average Bonchev–Trinajstić information content (AvgIpc) is 3.00. The van der Waals surface area contributed by atoms with Crippen LogP contribution in [0.2, 0.25) is 0 Å². The van der Waals surface area contributed by atoms with E-state index in [9.17, 15) is 8.42 Å². The van der Waals surface area contributed by atoms with E-state index in [2.05, 4.69) is 15.1 Å². The summed E-state index contributed by atoms with van der Waals surface area (Å²) >= 11 is 0. The molecule has 2 heterocycles. The predicted octanol–water partition coefficient (Wildman–Crippen LogP) is 1.67. The first-order valence-corrected chi connectivity index (χ1v) is 10.1. The first-order valence-electron chi connectivity index (χ1n) is 8.63.